The van der Waals surface area contributed by atoms with Crippen molar-refractivity contribution in [3.05, 3.63) is 64.4 Å². The van der Waals surface area contributed by atoms with E-state index in [-0.39, 0.29) is 24.3 Å². The van der Waals surface area contributed by atoms with Crippen LogP contribution in [0.2, 0.25) is 0 Å². The Morgan fingerprint density at radius 2 is 1.51 bits per heavy atom. The number of carbonyl (C=O) groups is 2. The van der Waals surface area contributed by atoms with Crippen LogP contribution in [0.4, 0.5) is 5.69 Å². The van der Waals surface area contributed by atoms with Gasteiger partial charge in [0.25, 0.3) is 0 Å². The molecule has 1 aromatic heterocycles. The highest BCUT2D eigenvalue weighted by molar-refractivity contribution is 7.10. The minimum absolute atomic E-state index is 0.0635. The molecule has 208 valence electrons. The van der Waals surface area contributed by atoms with Crippen LogP contribution in [0.1, 0.15) is 48.6 Å². The monoisotopic (exact) mass is 552 g/mol. The molecule has 2 aromatic carbocycles. The maximum atomic E-state index is 14.1. The van der Waals surface area contributed by atoms with Gasteiger partial charge in [0.15, 0.2) is 23.0 Å². The fourth-order valence-corrected chi connectivity index (χ4v) is 5.72. The van der Waals surface area contributed by atoms with Crippen molar-refractivity contribution in [3.8, 4) is 23.0 Å². The molecule has 0 aliphatic heterocycles. The van der Waals surface area contributed by atoms with Crippen LogP contribution in [0.5, 0.6) is 23.0 Å². The summed E-state index contributed by atoms with van der Waals surface area (Å²) in [4.78, 5) is 30.7. The Labute approximate surface area is 233 Å². The summed E-state index contributed by atoms with van der Waals surface area (Å²) in [6, 6.07) is 13.5. The first-order valence-corrected chi connectivity index (χ1v) is 14.0. The van der Waals surface area contributed by atoms with Crippen LogP contribution >= 0.6 is 11.3 Å². The van der Waals surface area contributed by atoms with E-state index in [1.54, 1.807) is 69.7 Å². The van der Waals surface area contributed by atoms with Crippen LogP contribution in [0.15, 0.2) is 53.9 Å². The largest absolute Gasteiger partial charge is 0.493 e. The molecule has 1 atom stereocenters. The van der Waals surface area contributed by atoms with Crippen molar-refractivity contribution in [1.29, 1.82) is 0 Å². The fraction of sp³-hybridized carbons (Fsp3) is 0.400. The lowest BCUT2D eigenvalue weighted by molar-refractivity contribution is -0.127. The molecule has 0 saturated heterocycles. The first-order chi connectivity index (χ1) is 19.0. The molecule has 1 N–H and O–H groups in total. The summed E-state index contributed by atoms with van der Waals surface area (Å²) in [5.41, 5.74) is 1.13. The number of hydrogen-bond donors (Lipinski definition) is 1. The predicted molar refractivity (Wildman–Crippen MR) is 152 cm³/mol. The lowest BCUT2D eigenvalue weighted by Gasteiger charge is -2.34. The molecule has 3 aromatic rings. The van der Waals surface area contributed by atoms with E-state index in [4.69, 9.17) is 18.9 Å². The van der Waals surface area contributed by atoms with Gasteiger partial charge in [-0.3, -0.25) is 14.5 Å². The maximum absolute atomic E-state index is 14.1. The lowest BCUT2D eigenvalue weighted by Crippen LogP contribution is -2.47. The van der Waals surface area contributed by atoms with E-state index < -0.39 is 6.04 Å². The Hall–Kier alpha value is -3.72. The van der Waals surface area contributed by atoms with Crippen LogP contribution in [0.25, 0.3) is 0 Å². The highest BCUT2D eigenvalue weighted by Crippen LogP contribution is 2.38. The Kier molecular flexibility index (Phi) is 9.70. The number of benzene rings is 2. The van der Waals surface area contributed by atoms with Gasteiger partial charge in [-0.15, -0.1) is 11.3 Å². The summed E-state index contributed by atoms with van der Waals surface area (Å²) in [5.74, 6) is 1.54. The molecule has 4 rings (SSSR count). The molecule has 1 saturated carbocycles. The number of nitrogens with zero attached hydrogens (tertiary/aromatic N) is 1. The number of hydrogen-bond acceptors (Lipinski definition) is 7. The van der Waals surface area contributed by atoms with Gasteiger partial charge >= 0.3 is 0 Å². The van der Waals surface area contributed by atoms with E-state index in [0.717, 1.165) is 30.6 Å². The molecular weight excluding hydrogens is 516 g/mol. The van der Waals surface area contributed by atoms with Crippen LogP contribution in [0, 0.1) is 0 Å². The molecule has 1 fully saturated rings. The molecule has 0 radical (unpaired) electrons. The molecule has 0 bridgehead atoms. The smallest absolute Gasteiger partial charge is 0.248 e. The van der Waals surface area contributed by atoms with Gasteiger partial charge in [-0.25, -0.2) is 0 Å². The molecule has 1 aliphatic carbocycles. The molecule has 39 heavy (non-hydrogen) atoms. The second-order valence-electron chi connectivity index (χ2n) is 9.42. The third-order valence-corrected chi connectivity index (χ3v) is 7.88. The second kappa shape index (κ2) is 13.4. The number of rotatable bonds is 11. The van der Waals surface area contributed by atoms with E-state index in [9.17, 15) is 9.59 Å². The predicted octanol–water partition coefficient (Wildman–Crippen LogP) is 5.55. The number of amides is 2. The molecule has 9 heteroatoms. The normalized spacial score (nSPS) is 14.3. The first-order valence-electron chi connectivity index (χ1n) is 13.1. The number of nitrogens with one attached hydrogen (secondary N) is 1. The van der Waals surface area contributed by atoms with Crippen molar-refractivity contribution in [3.63, 3.8) is 0 Å². The third kappa shape index (κ3) is 6.65. The van der Waals surface area contributed by atoms with Gasteiger partial charge in [-0.1, -0.05) is 31.4 Å². The van der Waals surface area contributed by atoms with Crippen LogP contribution in [-0.4, -0.2) is 46.3 Å². The highest BCUT2D eigenvalue weighted by atomic mass is 32.1. The third-order valence-electron chi connectivity index (χ3n) is 7.00. The summed E-state index contributed by atoms with van der Waals surface area (Å²) < 4.78 is 22.0. The number of thiophene rings is 1. The van der Waals surface area contributed by atoms with Crippen molar-refractivity contribution in [1.82, 2.24) is 5.32 Å². The van der Waals surface area contributed by atoms with Crippen LogP contribution < -0.4 is 29.2 Å². The SMILES string of the molecule is COc1ccc([C@H](C(=O)NC2CCCCC2)N(C(=O)Cc2cccs2)c2ccc(OC)c(OC)c2)cc1OC. The molecule has 8 nitrogen and oxygen atoms in total. The lowest BCUT2D eigenvalue weighted by atomic mass is 9.94. The quantitative estimate of drug-likeness (QED) is 0.336. The summed E-state index contributed by atoms with van der Waals surface area (Å²) in [6.45, 7) is 0. The number of methoxy groups -OCH3 is 4. The van der Waals surface area contributed by atoms with Crippen molar-refractivity contribution < 1.29 is 28.5 Å². The average Bonchev–Trinajstić information content (AvgIpc) is 3.48. The molecular formula is C30H36N2O6S. The second-order valence-corrected chi connectivity index (χ2v) is 10.5. The van der Waals surface area contributed by atoms with E-state index in [0.29, 0.717) is 34.2 Å². The zero-order chi connectivity index (χ0) is 27.8. The van der Waals surface area contributed by atoms with E-state index >= 15 is 0 Å². The standard InChI is InChI=1S/C30H36N2O6S/c1-35-24-14-12-20(17-26(24)37-3)29(30(34)31-21-9-6-5-7-10-21)32(28(33)19-23-11-8-16-39-23)22-13-15-25(36-2)27(18-22)38-4/h8,11-18,21,29H,5-7,9-10,19H2,1-4H3,(H,31,34)/t29-/m1/s1. The number of anilines is 1. The average molecular weight is 553 g/mol. The zero-order valence-electron chi connectivity index (χ0n) is 22.9. The maximum Gasteiger partial charge on any atom is 0.248 e. The van der Waals surface area contributed by atoms with E-state index in [2.05, 4.69) is 5.32 Å². The van der Waals surface area contributed by atoms with Gasteiger partial charge in [0.1, 0.15) is 6.04 Å². The fourth-order valence-electron chi connectivity index (χ4n) is 5.03. The molecule has 1 heterocycles. The van der Waals surface area contributed by atoms with Gasteiger partial charge in [0.05, 0.1) is 34.9 Å². The summed E-state index contributed by atoms with van der Waals surface area (Å²) in [5, 5.41) is 5.18. The van der Waals surface area contributed by atoms with Crippen LogP contribution in [0.3, 0.4) is 0 Å². The molecule has 2 amide bonds. The Balaban J connectivity index is 1.84. The van der Waals surface area contributed by atoms with Crippen molar-refractivity contribution >= 4 is 28.8 Å². The molecule has 0 unspecified atom stereocenters. The van der Waals surface area contributed by atoms with E-state index in [1.807, 2.05) is 17.5 Å². The van der Waals surface area contributed by atoms with Gasteiger partial charge < -0.3 is 24.3 Å². The van der Waals surface area contributed by atoms with Gasteiger partial charge in [-0.2, -0.15) is 0 Å². The molecule has 1 aliphatic rings. The molecule has 0 spiro atoms. The first kappa shape index (κ1) is 28.3. The topological polar surface area (TPSA) is 86.3 Å². The van der Waals surface area contributed by atoms with E-state index in [1.165, 1.54) is 17.8 Å². The Morgan fingerprint density at radius 1 is 0.872 bits per heavy atom. The number of carbonyl (C=O) groups excluding carboxylic acids is 2. The van der Waals surface area contributed by atoms with Crippen molar-refractivity contribution in [2.24, 2.45) is 0 Å². The number of ether oxygens (including phenoxy) is 4. The Morgan fingerprint density at radius 3 is 2.13 bits per heavy atom. The highest BCUT2D eigenvalue weighted by Gasteiger charge is 2.35. The minimum Gasteiger partial charge on any atom is -0.493 e. The summed E-state index contributed by atoms with van der Waals surface area (Å²) in [6.07, 6.45) is 5.30. The zero-order valence-corrected chi connectivity index (χ0v) is 23.7. The van der Waals surface area contributed by atoms with Crippen molar-refractivity contribution in [2.75, 3.05) is 33.3 Å². The van der Waals surface area contributed by atoms with Gasteiger partial charge in [0, 0.05) is 22.7 Å². The Bertz CT molecular complexity index is 1260. The minimum atomic E-state index is -0.961. The summed E-state index contributed by atoms with van der Waals surface area (Å²) >= 11 is 1.50. The summed E-state index contributed by atoms with van der Waals surface area (Å²) in [7, 11) is 6.21. The van der Waals surface area contributed by atoms with Crippen LogP contribution in [-0.2, 0) is 16.0 Å². The van der Waals surface area contributed by atoms with Gasteiger partial charge in [-0.05, 0) is 54.1 Å². The van der Waals surface area contributed by atoms with Crippen molar-refractivity contribution in [2.45, 2.75) is 50.6 Å². The van der Waals surface area contributed by atoms with Gasteiger partial charge in [0.2, 0.25) is 11.8 Å².